The zero-order chi connectivity index (χ0) is 21.5. The summed E-state index contributed by atoms with van der Waals surface area (Å²) >= 11 is 0. The van der Waals surface area contributed by atoms with Crippen LogP contribution >= 0.6 is 0 Å². The molecule has 3 amide bonds. The largest absolute Gasteiger partial charge is 0.452 e. The van der Waals surface area contributed by atoms with E-state index in [1.165, 1.54) is 12.1 Å². The molecule has 0 spiro atoms. The maximum absolute atomic E-state index is 12.5. The monoisotopic (exact) mass is 412 g/mol. The number of carbonyl (C=O) groups is 3. The smallest absolute Gasteiger partial charge is 0.341 e. The highest BCUT2D eigenvalue weighted by Crippen LogP contribution is 2.28. The van der Waals surface area contributed by atoms with Crippen molar-refractivity contribution in [3.8, 4) is 0 Å². The van der Waals surface area contributed by atoms with Gasteiger partial charge in [-0.3, -0.25) is 20.2 Å². The lowest BCUT2D eigenvalue weighted by atomic mass is 10.1. The number of amides is 3. The predicted octanol–water partition coefficient (Wildman–Crippen LogP) is 2.70. The average molecular weight is 412 g/mol. The maximum atomic E-state index is 12.5. The summed E-state index contributed by atoms with van der Waals surface area (Å²) in [5.74, 6) is -1.70. The van der Waals surface area contributed by atoms with Gasteiger partial charge in [-0.15, -0.1) is 0 Å². The fourth-order valence-electron chi connectivity index (χ4n) is 3.09. The second kappa shape index (κ2) is 9.50. The summed E-state index contributed by atoms with van der Waals surface area (Å²) in [6, 6.07) is 11.7. The molecular formula is C20H20N4O6. The topological polar surface area (TPSA) is 131 Å². The van der Waals surface area contributed by atoms with Crippen LogP contribution in [0.5, 0.6) is 0 Å². The SMILES string of the molecule is O=C(COC(=O)c1cc([N+](=O)[O-])ccc1N1CCCC1)NC(=O)Nc1ccccc1. The molecule has 2 aromatic carbocycles. The van der Waals surface area contributed by atoms with Crippen molar-refractivity contribution in [3.05, 3.63) is 64.2 Å². The van der Waals surface area contributed by atoms with Crippen molar-refractivity contribution in [2.24, 2.45) is 0 Å². The molecule has 0 radical (unpaired) electrons. The van der Waals surface area contributed by atoms with Crippen LogP contribution in [0.25, 0.3) is 0 Å². The van der Waals surface area contributed by atoms with Gasteiger partial charge >= 0.3 is 12.0 Å². The van der Waals surface area contributed by atoms with E-state index in [9.17, 15) is 24.5 Å². The molecule has 0 aliphatic carbocycles. The first-order chi connectivity index (χ1) is 14.4. The molecule has 1 aliphatic heterocycles. The Balaban J connectivity index is 1.62. The first kappa shape index (κ1) is 20.8. The van der Waals surface area contributed by atoms with E-state index in [-0.39, 0.29) is 11.3 Å². The number of esters is 1. The van der Waals surface area contributed by atoms with Gasteiger partial charge < -0.3 is 15.0 Å². The second-order valence-electron chi connectivity index (χ2n) is 6.60. The summed E-state index contributed by atoms with van der Waals surface area (Å²) in [7, 11) is 0. The Morgan fingerprint density at radius 3 is 2.43 bits per heavy atom. The van der Waals surface area contributed by atoms with Crippen LogP contribution in [0.1, 0.15) is 23.2 Å². The molecule has 2 aromatic rings. The Morgan fingerprint density at radius 1 is 1.07 bits per heavy atom. The number of ether oxygens (including phenoxy) is 1. The van der Waals surface area contributed by atoms with Crippen molar-refractivity contribution in [2.75, 3.05) is 29.9 Å². The fraction of sp³-hybridized carbons (Fsp3) is 0.250. The summed E-state index contributed by atoms with van der Waals surface area (Å²) in [4.78, 5) is 48.7. The Morgan fingerprint density at radius 2 is 1.77 bits per heavy atom. The zero-order valence-electron chi connectivity index (χ0n) is 16.0. The van der Waals surface area contributed by atoms with E-state index in [4.69, 9.17) is 4.74 Å². The van der Waals surface area contributed by atoms with Crippen LogP contribution in [-0.4, -0.2) is 42.5 Å². The lowest BCUT2D eigenvalue weighted by Gasteiger charge is -2.20. The number of anilines is 2. The van der Waals surface area contributed by atoms with Crippen LogP contribution in [0.4, 0.5) is 21.9 Å². The fourth-order valence-corrected chi connectivity index (χ4v) is 3.09. The van der Waals surface area contributed by atoms with E-state index in [2.05, 4.69) is 5.32 Å². The number of hydrogen-bond acceptors (Lipinski definition) is 7. The van der Waals surface area contributed by atoms with Crippen LogP contribution < -0.4 is 15.5 Å². The molecule has 0 saturated carbocycles. The van der Waals surface area contributed by atoms with E-state index in [1.54, 1.807) is 30.3 Å². The van der Waals surface area contributed by atoms with Crippen molar-refractivity contribution >= 4 is 35.0 Å². The minimum Gasteiger partial charge on any atom is -0.452 e. The number of nitro groups is 1. The summed E-state index contributed by atoms with van der Waals surface area (Å²) < 4.78 is 5.00. The lowest BCUT2D eigenvalue weighted by molar-refractivity contribution is -0.384. The van der Waals surface area contributed by atoms with E-state index in [0.717, 1.165) is 32.0 Å². The molecule has 1 heterocycles. The van der Waals surface area contributed by atoms with Crippen LogP contribution in [-0.2, 0) is 9.53 Å². The number of imide groups is 1. The van der Waals surface area contributed by atoms with Gasteiger partial charge in [0, 0.05) is 30.9 Å². The molecule has 1 aliphatic rings. The normalized spacial score (nSPS) is 12.9. The van der Waals surface area contributed by atoms with E-state index < -0.39 is 29.4 Å². The quantitative estimate of drug-likeness (QED) is 0.424. The second-order valence-corrected chi connectivity index (χ2v) is 6.60. The molecule has 10 nitrogen and oxygen atoms in total. The number of nitro benzene ring substituents is 1. The number of carbonyl (C=O) groups excluding carboxylic acids is 3. The van der Waals surface area contributed by atoms with Crippen molar-refractivity contribution in [1.29, 1.82) is 0 Å². The molecule has 3 rings (SSSR count). The third kappa shape index (κ3) is 5.31. The average Bonchev–Trinajstić information content (AvgIpc) is 3.27. The standard InChI is InChI=1S/C20H20N4O6/c25-18(22-20(27)21-14-6-2-1-3-7-14)13-30-19(26)16-12-15(24(28)29)8-9-17(16)23-10-4-5-11-23/h1-3,6-9,12H,4-5,10-11,13H2,(H2,21,22,25,27). The number of hydrogen-bond donors (Lipinski definition) is 2. The highest BCUT2D eigenvalue weighted by atomic mass is 16.6. The molecule has 0 aromatic heterocycles. The Bertz CT molecular complexity index is 957. The summed E-state index contributed by atoms with van der Waals surface area (Å²) in [5.41, 5.74) is 0.765. The van der Waals surface area contributed by atoms with Crippen LogP contribution in [0.2, 0.25) is 0 Å². The Kier molecular flexibility index (Phi) is 6.58. The first-order valence-corrected chi connectivity index (χ1v) is 9.30. The highest BCUT2D eigenvalue weighted by molar-refractivity contribution is 6.03. The number of para-hydroxylation sites is 1. The summed E-state index contributed by atoms with van der Waals surface area (Å²) in [5, 5.41) is 15.6. The minimum absolute atomic E-state index is 0.00707. The first-order valence-electron chi connectivity index (χ1n) is 9.30. The zero-order valence-corrected chi connectivity index (χ0v) is 16.0. The molecule has 2 N–H and O–H groups in total. The number of urea groups is 1. The third-order valence-corrected chi connectivity index (χ3v) is 4.48. The molecule has 10 heteroatoms. The van der Waals surface area contributed by atoms with Crippen LogP contribution in [0.3, 0.4) is 0 Å². The lowest BCUT2D eigenvalue weighted by Crippen LogP contribution is -2.37. The Labute approximate surface area is 172 Å². The highest BCUT2D eigenvalue weighted by Gasteiger charge is 2.24. The number of nitrogens with zero attached hydrogens (tertiary/aromatic N) is 2. The molecule has 0 unspecified atom stereocenters. The molecular weight excluding hydrogens is 392 g/mol. The van der Waals surface area contributed by atoms with E-state index >= 15 is 0 Å². The van der Waals surface area contributed by atoms with Crippen molar-refractivity contribution in [1.82, 2.24) is 5.32 Å². The summed E-state index contributed by atoms with van der Waals surface area (Å²) in [6.07, 6.45) is 1.90. The number of non-ortho nitro benzene ring substituents is 1. The summed E-state index contributed by atoms with van der Waals surface area (Å²) in [6.45, 7) is 0.736. The molecule has 0 bridgehead atoms. The molecule has 0 atom stereocenters. The van der Waals surface area contributed by atoms with Crippen LogP contribution in [0.15, 0.2) is 48.5 Å². The molecule has 156 valence electrons. The van der Waals surface area contributed by atoms with Gasteiger partial charge in [-0.05, 0) is 31.0 Å². The van der Waals surface area contributed by atoms with Crippen molar-refractivity contribution < 1.29 is 24.0 Å². The molecule has 30 heavy (non-hydrogen) atoms. The number of rotatable bonds is 6. The minimum atomic E-state index is -0.876. The Hall–Kier alpha value is -3.95. The van der Waals surface area contributed by atoms with Gasteiger partial charge in [0.05, 0.1) is 16.2 Å². The maximum Gasteiger partial charge on any atom is 0.341 e. The van der Waals surface area contributed by atoms with Crippen LogP contribution in [0, 0.1) is 10.1 Å². The van der Waals surface area contributed by atoms with Gasteiger partial charge in [0.15, 0.2) is 6.61 Å². The van der Waals surface area contributed by atoms with Gasteiger partial charge in [0.2, 0.25) is 0 Å². The van der Waals surface area contributed by atoms with Gasteiger partial charge in [0.25, 0.3) is 11.6 Å². The van der Waals surface area contributed by atoms with E-state index in [0.29, 0.717) is 11.4 Å². The van der Waals surface area contributed by atoms with E-state index in [1.807, 2.05) is 10.2 Å². The van der Waals surface area contributed by atoms with Crippen molar-refractivity contribution in [3.63, 3.8) is 0 Å². The molecule has 1 fully saturated rings. The third-order valence-electron chi connectivity index (χ3n) is 4.48. The predicted molar refractivity (Wildman–Crippen MR) is 108 cm³/mol. The number of nitrogens with one attached hydrogen (secondary N) is 2. The van der Waals surface area contributed by atoms with Gasteiger partial charge in [-0.2, -0.15) is 0 Å². The van der Waals surface area contributed by atoms with Crippen molar-refractivity contribution in [2.45, 2.75) is 12.8 Å². The van der Waals surface area contributed by atoms with Gasteiger partial charge in [0.1, 0.15) is 0 Å². The number of benzene rings is 2. The van der Waals surface area contributed by atoms with Gasteiger partial charge in [-0.25, -0.2) is 9.59 Å². The van der Waals surface area contributed by atoms with Gasteiger partial charge in [-0.1, -0.05) is 18.2 Å². The molecule has 1 saturated heterocycles.